The predicted octanol–water partition coefficient (Wildman–Crippen LogP) is 8.67. The van der Waals surface area contributed by atoms with Crippen LogP contribution in [0.3, 0.4) is 0 Å². The maximum atomic E-state index is 13.7. The Morgan fingerprint density at radius 2 is 1.47 bits per heavy atom. The standard InChI is InChI=1S/C48H83N2O10PS/c1-30(2)32-15-20-48(49-28-36(50-23-25-62(55,56)26-24-50)31(3)59-29-61(54,57-11)58-12)22-21-46(9)33(40(32)48)13-14-38-45(8)18-17-39(44(6,7)37(45)16-19-47(38,46)10)60-42(53)35-27-34(41(51)52)43(35,4)5/h30-40,49H,13-29H2,1-12H3,(H,51,52)/t31?,32-,33+,34-,35+,36?,37-,38+,39-,40+,45-,46+,47+,48-/m0/s1. The SMILES string of the molecule is COP(=O)(COC(C)C(CN[C@]12CC[C@@H](C(C)C)[C@@H]1[C@H]1CC[C@@H]3[C@@]4(C)CC[C@H](OC(=O)[C@H]5C[C@@H](C(=O)O)C5(C)C)C(C)(C)[C@@H]4CC[C@@]3(C)[C@]1(C)CC2)N1CCS(=O)(=O)CC1)OC. The second kappa shape index (κ2) is 16.9. The van der Waals surface area contributed by atoms with Crippen LogP contribution in [0, 0.1) is 74.4 Å². The van der Waals surface area contributed by atoms with Gasteiger partial charge in [-0.3, -0.25) is 19.1 Å². The smallest absolute Gasteiger partial charge is 0.355 e. The lowest BCUT2D eigenvalue weighted by Gasteiger charge is -2.73. The number of fused-ring (bicyclic) bond motifs is 7. The number of carbonyl (C=O) groups excluding carboxylic acids is 1. The van der Waals surface area contributed by atoms with Gasteiger partial charge in [-0.1, -0.05) is 62.3 Å². The number of sulfone groups is 1. The highest BCUT2D eigenvalue weighted by Gasteiger charge is 2.71. The van der Waals surface area contributed by atoms with Crippen molar-refractivity contribution >= 4 is 29.4 Å². The molecule has 0 bridgehead atoms. The van der Waals surface area contributed by atoms with E-state index in [0.29, 0.717) is 61.6 Å². The van der Waals surface area contributed by atoms with Crippen LogP contribution in [0.25, 0.3) is 0 Å². The van der Waals surface area contributed by atoms with Gasteiger partial charge in [-0.15, -0.1) is 0 Å². The van der Waals surface area contributed by atoms with Gasteiger partial charge in [-0.2, -0.15) is 0 Å². The number of carboxylic acids is 1. The lowest BCUT2D eigenvalue weighted by atomic mass is 9.32. The van der Waals surface area contributed by atoms with Crippen LogP contribution in [0.1, 0.15) is 140 Å². The van der Waals surface area contributed by atoms with E-state index in [4.69, 9.17) is 18.5 Å². The van der Waals surface area contributed by atoms with Crippen molar-refractivity contribution in [2.24, 2.45) is 74.4 Å². The van der Waals surface area contributed by atoms with Gasteiger partial charge in [0.2, 0.25) is 0 Å². The van der Waals surface area contributed by atoms with Gasteiger partial charge in [-0.05, 0) is 135 Å². The molecule has 1 saturated heterocycles. The van der Waals surface area contributed by atoms with E-state index in [0.717, 1.165) is 32.1 Å². The van der Waals surface area contributed by atoms with Crippen molar-refractivity contribution in [3.8, 4) is 0 Å². The Labute approximate surface area is 374 Å². The number of ether oxygens (including phenoxy) is 2. The molecule has 356 valence electrons. The average Bonchev–Trinajstić information content (AvgIpc) is 3.58. The van der Waals surface area contributed by atoms with E-state index < -0.39 is 34.7 Å². The molecule has 2 unspecified atom stereocenters. The highest BCUT2D eigenvalue weighted by Crippen LogP contribution is 2.76. The Bertz CT molecular complexity index is 1840. The van der Waals surface area contributed by atoms with Crippen molar-refractivity contribution in [1.29, 1.82) is 0 Å². The molecule has 0 aromatic heterocycles. The third-order valence-corrected chi connectivity index (χ3v) is 23.7. The molecule has 7 rings (SSSR count). The number of carboxylic acid groups (broad SMARTS) is 1. The molecule has 7 fully saturated rings. The molecule has 62 heavy (non-hydrogen) atoms. The van der Waals surface area contributed by atoms with E-state index in [1.807, 2.05) is 20.8 Å². The Balaban J connectivity index is 1.11. The van der Waals surface area contributed by atoms with Crippen molar-refractivity contribution in [2.75, 3.05) is 51.7 Å². The van der Waals surface area contributed by atoms with E-state index in [9.17, 15) is 27.7 Å². The summed E-state index contributed by atoms with van der Waals surface area (Å²) in [6.45, 7) is 24.8. The number of esters is 1. The van der Waals surface area contributed by atoms with Crippen molar-refractivity contribution in [2.45, 2.75) is 164 Å². The number of aliphatic carboxylic acids is 1. The number of nitrogens with zero attached hydrogens (tertiary/aromatic N) is 1. The Morgan fingerprint density at radius 1 is 0.806 bits per heavy atom. The van der Waals surface area contributed by atoms with E-state index >= 15 is 0 Å². The molecule has 0 radical (unpaired) electrons. The maximum absolute atomic E-state index is 13.7. The van der Waals surface area contributed by atoms with Gasteiger partial charge in [0.15, 0.2) is 9.84 Å². The zero-order valence-electron chi connectivity index (χ0n) is 40.3. The fraction of sp³-hybridized carbons (Fsp3) is 0.958. The third-order valence-electron chi connectivity index (χ3n) is 20.5. The molecule has 1 heterocycles. The third kappa shape index (κ3) is 7.93. The minimum atomic E-state index is -3.40. The highest BCUT2D eigenvalue weighted by molar-refractivity contribution is 7.91. The van der Waals surface area contributed by atoms with Crippen molar-refractivity contribution in [3.05, 3.63) is 0 Å². The average molecular weight is 911 g/mol. The van der Waals surface area contributed by atoms with Crippen LogP contribution in [0.2, 0.25) is 0 Å². The Hall–Kier alpha value is -1.08. The summed E-state index contributed by atoms with van der Waals surface area (Å²) < 4.78 is 61.3. The van der Waals surface area contributed by atoms with Gasteiger partial charge in [0.05, 0.1) is 29.4 Å². The lowest BCUT2D eigenvalue weighted by Crippen LogP contribution is -2.69. The van der Waals surface area contributed by atoms with Gasteiger partial charge < -0.3 is 28.9 Å². The van der Waals surface area contributed by atoms with Gasteiger partial charge in [-0.25, -0.2) is 8.42 Å². The van der Waals surface area contributed by atoms with Gasteiger partial charge >= 0.3 is 19.5 Å². The zero-order valence-corrected chi connectivity index (χ0v) is 42.0. The Kier molecular flexibility index (Phi) is 13.3. The number of nitrogens with one attached hydrogen (secondary N) is 1. The number of hydrogen-bond acceptors (Lipinski definition) is 11. The second-order valence-corrected chi connectivity index (χ2v) is 28.2. The van der Waals surface area contributed by atoms with Gasteiger partial charge in [0.25, 0.3) is 0 Å². The number of rotatable bonds is 14. The summed E-state index contributed by atoms with van der Waals surface area (Å²) in [4.78, 5) is 27.8. The summed E-state index contributed by atoms with van der Waals surface area (Å²) in [6.07, 6.45) is 10.9. The number of carbonyl (C=O) groups is 2. The molecule has 2 N–H and O–H groups in total. The fourth-order valence-corrected chi connectivity index (χ4v) is 18.3. The first kappa shape index (κ1) is 48.8. The summed E-state index contributed by atoms with van der Waals surface area (Å²) in [5.74, 6) is 1.60. The molecule has 14 atom stereocenters. The van der Waals surface area contributed by atoms with E-state index in [-0.39, 0.29) is 75.2 Å². The molecule has 14 heteroatoms. The van der Waals surface area contributed by atoms with Crippen LogP contribution < -0.4 is 5.32 Å². The molecule has 1 aliphatic heterocycles. The Morgan fingerprint density at radius 3 is 2.06 bits per heavy atom. The molecule has 0 aromatic carbocycles. The van der Waals surface area contributed by atoms with Gasteiger partial charge in [0.1, 0.15) is 12.5 Å². The minimum absolute atomic E-state index is 0.0268. The molecule has 0 spiro atoms. The van der Waals surface area contributed by atoms with Gasteiger partial charge in [0, 0.05) is 50.8 Å². The van der Waals surface area contributed by atoms with E-state index in [2.05, 4.69) is 58.7 Å². The maximum Gasteiger partial charge on any atom is 0.355 e. The van der Waals surface area contributed by atoms with E-state index in [1.165, 1.54) is 46.3 Å². The fourth-order valence-electron chi connectivity index (χ4n) is 16.3. The first-order chi connectivity index (χ1) is 28.8. The van der Waals surface area contributed by atoms with Crippen LogP contribution in [-0.4, -0.2) is 106 Å². The lowest BCUT2D eigenvalue weighted by molar-refractivity contribution is -0.249. The van der Waals surface area contributed by atoms with Crippen molar-refractivity contribution in [1.82, 2.24) is 10.2 Å². The predicted molar refractivity (Wildman–Crippen MR) is 241 cm³/mol. The van der Waals surface area contributed by atoms with Crippen LogP contribution in [0.5, 0.6) is 0 Å². The molecular weight excluding hydrogens is 828 g/mol. The molecule has 0 amide bonds. The van der Waals surface area contributed by atoms with Crippen molar-refractivity contribution in [3.63, 3.8) is 0 Å². The minimum Gasteiger partial charge on any atom is -0.481 e. The topological polar surface area (TPSA) is 158 Å². The molecule has 6 saturated carbocycles. The summed E-state index contributed by atoms with van der Waals surface area (Å²) in [5, 5.41) is 14.0. The van der Waals surface area contributed by atoms with Crippen LogP contribution in [-0.2, 0) is 42.5 Å². The normalized spacial score (nSPS) is 43.2. The zero-order chi connectivity index (χ0) is 45.6. The second-order valence-electron chi connectivity index (χ2n) is 23.7. The van der Waals surface area contributed by atoms with Crippen LogP contribution >= 0.6 is 7.60 Å². The largest absolute Gasteiger partial charge is 0.481 e. The first-order valence-electron chi connectivity index (χ1n) is 24.2. The molecule has 6 aliphatic carbocycles. The molecule has 12 nitrogen and oxygen atoms in total. The molecule has 7 aliphatic rings. The first-order valence-corrected chi connectivity index (χ1v) is 27.8. The molecule has 0 aromatic rings. The van der Waals surface area contributed by atoms with Crippen LogP contribution in [0.15, 0.2) is 0 Å². The molecular formula is C48H83N2O10PS. The summed E-state index contributed by atoms with van der Waals surface area (Å²) in [7, 11) is -3.73. The summed E-state index contributed by atoms with van der Waals surface area (Å²) in [5.41, 5.74) is -0.368. The monoisotopic (exact) mass is 911 g/mol. The summed E-state index contributed by atoms with van der Waals surface area (Å²) >= 11 is 0. The summed E-state index contributed by atoms with van der Waals surface area (Å²) in [6, 6.07) is -0.114. The van der Waals surface area contributed by atoms with E-state index in [1.54, 1.807) is 0 Å². The van der Waals surface area contributed by atoms with Crippen LogP contribution in [0.4, 0.5) is 0 Å². The number of hydrogen-bond donors (Lipinski definition) is 2. The highest BCUT2D eigenvalue weighted by atomic mass is 32.2. The quantitative estimate of drug-likeness (QED) is 0.126. The van der Waals surface area contributed by atoms with Crippen molar-refractivity contribution < 1.29 is 46.2 Å².